The topological polar surface area (TPSA) is 75.7 Å². The Morgan fingerprint density at radius 3 is 2.37 bits per heavy atom. The predicted molar refractivity (Wildman–Crippen MR) is 105 cm³/mol. The molecule has 2 rings (SSSR count). The predicted octanol–water partition coefficient (Wildman–Crippen LogP) is 2.50. The van der Waals surface area contributed by atoms with Crippen LogP contribution in [0.15, 0.2) is 47.4 Å². The summed E-state index contributed by atoms with van der Waals surface area (Å²) in [5.74, 6) is 0.470. The Labute approximate surface area is 161 Å². The van der Waals surface area contributed by atoms with Crippen LogP contribution in [-0.4, -0.2) is 39.8 Å². The fraction of sp³-hybridized carbons (Fsp3) is 0.350. The van der Waals surface area contributed by atoms with Gasteiger partial charge in [-0.1, -0.05) is 29.8 Å². The molecule has 27 heavy (non-hydrogen) atoms. The summed E-state index contributed by atoms with van der Waals surface area (Å²) in [5, 5.41) is 2.88. The van der Waals surface area contributed by atoms with Crippen molar-refractivity contribution < 1.29 is 17.9 Å². The summed E-state index contributed by atoms with van der Waals surface area (Å²) in [5.41, 5.74) is 2.89. The Morgan fingerprint density at radius 2 is 1.78 bits per heavy atom. The second-order valence-electron chi connectivity index (χ2n) is 6.52. The second kappa shape index (κ2) is 9.01. The molecule has 0 unspecified atom stereocenters. The van der Waals surface area contributed by atoms with E-state index in [1.807, 2.05) is 31.2 Å². The second-order valence-corrected chi connectivity index (χ2v) is 8.68. The number of hydrogen-bond acceptors (Lipinski definition) is 4. The van der Waals surface area contributed by atoms with Crippen LogP contribution in [0.1, 0.15) is 23.1 Å². The molecule has 2 aromatic carbocycles. The quantitative estimate of drug-likeness (QED) is 0.751. The van der Waals surface area contributed by atoms with E-state index in [0.29, 0.717) is 24.3 Å². The van der Waals surface area contributed by atoms with E-state index >= 15 is 0 Å². The average Bonchev–Trinajstić information content (AvgIpc) is 2.65. The molecule has 0 saturated carbocycles. The van der Waals surface area contributed by atoms with Crippen molar-refractivity contribution in [3.63, 3.8) is 0 Å². The van der Waals surface area contributed by atoms with Crippen LogP contribution < -0.4 is 10.1 Å². The lowest BCUT2D eigenvalue weighted by atomic mass is 10.1. The number of carbonyl (C=O) groups is 1. The van der Waals surface area contributed by atoms with Gasteiger partial charge in [0.15, 0.2) is 0 Å². The lowest BCUT2D eigenvalue weighted by Crippen LogP contribution is -2.23. The molecule has 1 amide bonds. The first-order valence-corrected chi connectivity index (χ1v) is 10.1. The first-order chi connectivity index (χ1) is 12.7. The average molecular weight is 391 g/mol. The molecule has 2 aromatic rings. The van der Waals surface area contributed by atoms with Crippen molar-refractivity contribution in [1.82, 2.24) is 9.62 Å². The Hall–Kier alpha value is -2.38. The van der Waals surface area contributed by atoms with Crippen LogP contribution in [0.4, 0.5) is 0 Å². The van der Waals surface area contributed by atoms with E-state index in [1.165, 1.54) is 32.8 Å². The van der Waals surface area contributed by atoms with E-state index in [-0.39, 0.29) is 17.2 Å². The van der Waals surface area contributed by atoms with Crippen LogP contribution in [0.5, 0.6) is 5.75 Å². The molecule has 0 heterocycles. The Balaban J connectivity index is 2.03. The molecular formula is C20H26N2O4S. The highest BCUT2D eigenvalue weighted by molar-refractivity contribution is 7.89. The van der Waals surface area contributed by atoms with Crippen LogP contribution in [0, 0.1) is 6.92 Å². The highest BCUT2D eigenvalue weighted by Crippen LogP contribution is 2.25. The minimum absolute atomic E-state index is 0.0986. The maximum Gasteiger partial charge on any atom is 0.242 e. The first-order valence-electron chi connectivity index (χ1n) is 8.65. The highest BCUT2D eigenvalue weighted by Gasteiger charge is 2.19. The number of benzene rings is 2. The zero-order valence-electron chi connectivity index (χ0n) is 16.2. The molecule has 0 saturated heterocycles. The number of rotatable bonds is 8. The molecule has 6 nitrogen and oxygen atoms in total. The van der Waals surface area contributed by atoms with E-state index in [2.05, 4.69) is 5.32 Å². The summed E-state index contributed by atoms with van der Waals surface area (Å²) < 4.78 is 31.1. The smallest absolute Gasteiger partial charge is 0.242 e. The van der Waals surface area contributed by atoms with Crippen molar-refractivity contribution in [3.05, 3.63) is 59.2 Å². The minimum Gasteiger partial charge on any atom is -0.496 e. The van der Waals surface area contributed by atoms with Gasteiger partial charge in [-0.2, -0.15) is 0 Å². The Morgan fingerprint density at radius 1 is 1.11 bits per heavy atom. The number of ether oxygens (including phenoxy) is 1. The van der Waals surface area contributed by atoms with Crippen molar-refractivity contribution in [2.45, 2.75) is 31.2 Å². The molecule has 0 aliphatic heterocycles. The van der Waals surface area contributed by atoms with Gasteiger partial charge in [0.25, 0.3) is 0 Å². The SMILES string of the molecule is COc1ccc(S(=O)(=O)N(C)C)cc1CCC(=O)NCc1ccc(C)cc1. The molecule has 0 aliphatic carbocycles. The third kappa shape index (κ3) is 5.55. The molecule has 0 aromatic heterocycles. The van der Waals surface area contributed by atoms with E-state index in [1.54, 1.807) is 12.1 Å². The monoisotopic (exact) mass is 390 g/mol. The lowest BCUT2D eigenvalue weighted by Gasteiger charge is -2.14. The standard InChI is InChI=1S/C20H26N2O4S/c1-15-5-7-16(8-6-15)14-21-20(23)12-9-17-13-18(10-11-19(17)26-4)27(24,25)22(2)3/h5-8,10-11,13H,9,12,14H2,1-4H3,(H,21,23). The molecule has 0 aliphatic rings. The third-order valence-corrected chi connectivity index (χ3v) is 6.07. The molecule has 0 fully saturated rings. The minimum atomic E-state index is -3.54. The zero-order valence-corrected chi connectivity index (χ0v) is 17.0. The summed E-state index contributed by atoms with van der Waals surface area (Å²) >= 11 is 0. The molecule has 1 N–H and O–H groups in total. The van der Waals surface area contributed by atoms with Gasteiger partial charge in [0.2, 0.25) is 15.9 Å². The van der Waals surface area contributed by atoms with Crippen molar-refractivity contribution >= 4 is 15.9 Å². The van der Waals surface area contributed by atoms with Crippen LogP contribution in [0.2, 0.25) is 0 Å². The largest absolute Gasteiger partial charge is 0.496 e. The number of amides is 1. The summed E-state index contributed by atoms with van der Waals surface area (Å²) in [6.45, 7) is 2.48. The highest BCUT2D eigenvalue weighted by atomic mass is 32.2. The van der Waals surface area contributed by atoms with Gasteiger partial charge in [-0.05, 0) is 42.7 Å². The lowest BCUT2D eigenvalue weighted by molar-refractivity contribution is -0.121. The molecule has 0 bridgehead atoms. The number of nitrogens with one attached hydrogen (secondary N) is 1. The summed E-state index contributed by atoms with van der Waals surface area (Å²) in [7, 11) is 0.956. The van der Waals surface area contributed by atoms with Crippen molar-refractivity contribution in [3.8, 4) is 5.75 Å². The number of carbonyl (C=O) groups excluding carboxylic acids is 1. The van der Waals surface area contributed by atoms with Crippen LogP contribution in [0.3, 0.4) is 0 Å². The molecule has 146 valence electrons. The van der Waals surface area contributed by atoms with Crippen LogP contribution in [-0.2, 0) is 27.8 Å². The normalized spacial score (nSPS) is 11.4. The van der Waals surface area contributed by atoms with Gasteiger partial charge in [0.05, 0.1) is 12.0 Å². The van der Waals surface area contributed by atoms with Gasteiger partial charge in [-0.15, -0.1) is 0 Å². The molecule has 0 atom stereocenters. The van der Waals surface area contributed by atoms with E-state index in [4.69, 9.17) is 4.74 Å². The molecule has 0 radical (unpaired) electrons. The van der Waals surface area contributed by atoms with Crippen molar-refractivity contribution in [2.24, 2.45) is 0 Å². The molecule has 0 spiro atoms. The van der Waals surface area contributed by atoms with Crippen molar-refractivity contribution in [1.29, 1.82) is 0 Å². The number of aryl methyl sites for hydroxylation is 2. The fourth-order valence-electron chi connectivity index (χ4n) is 2.56. The van der Waals surface area contributed by atoms with Crippen LogP contribution >= 0.6 is 0 Å². The van der Waals surface area contributed by atoms with E-state index in [9.17, 15) is 13.2 Å². The number of nitrogens with zero attached hydrogens (tertiary/aromatic N) is 1. The first kappa shape index (κ1) is 20.9. The van der Waals surface area contributed by atoms with Gasteiger partial charge >= 0.3 is 0 Å². The van der Waals surface area contributed by atoms with E-state index in [0.717, 1.165) is 9.87 Å². The summed E-state index contributed by atoms with van der Waals surface area (Å²) in [6, 6.07) is 12.7. The Kier molecular flexibility index (Phi) is 6.98. The number of sulfonamides is 1. The van der Waals surface area contributed by atoms with E-state index < -0.39 is 10.0 Å². The maximum atomic E-state index is 12.3. The fourth-order valence-corrected chi connectivity index (χ4v) is 3.52. The zero-order chi connectivity index (χ0) is 20.0. The van der Waals surface area contributed by atoms with Gasteiger partial charge < -0.3 is 10.1 Å². The number of methoxy groups -OCH3 is 1. The number of hydrogen-bond donors (Lipinski definition) is 1. The molecule has 7 heteroatoms. The maximum absolute atomic E-state index is 12.3. The van der Waals surface area contributed by atoms with Gasteiger partial charge in [-0.3, -0.25) is 4.79 Å². The van der Waals surface area contributed by atoms with Gasteiger partial charge in [0.1, 0.15) is 5.75 Å². The summed E-state index contributed by atoms with van der Waals surface area (Å²) in [6.07, 6.45) is 0.632. The Bertz CT molecular complexity index is 891. The van der Waals surface area contributed by atoms with Crippen LogP contribution in [0.25, 0.3) is 0 Å². The molecular weight excluding hydrogens is 364 g/mol. The third-order valence-electron chi connectivity index (χ3n) is 4.26. The van der Waals surface area contributed by atoms with Gasteiger partial charge in [-0.25, -0.2) is 12.7 Å². The van der Waals surface area contributed by atoms with Gasteiger partial charge in [0, 0.05) is 27.1 Å². The summed E-state index contributed by atoms with van der Waals surface area (Å²) in [4.78, 5) is 12.4. The van der Waals surface area contributed by atoms with Crippen molar-refractivity contribution in [2.75, 3.05) is 21.2 Å².